The fraction of sp³-hybridized carbons (Fsp3) is 0.706. The molecule has 0 aromatic carbocycles. The fourth-order valence-corrected chi connectivity index (χ4v) is 3.18. The van der Waals surface area contributed by atoms with Crippen LogP contribution in [-0.4, -0.2) is 77.0 Å². The molecule has 2 aliphatic rings. The number of piperidine rings is 1. The van der Waals surface area contributed by atoms with Crippen molar-refractivity contribution in [3.8, 4) is 0 Å². The molecule has 0 unspecified atom stereocenters. The van der Waals surface area contributed by atoms with Gasteiger partial charge < -0.3 is 19.9 Å². The van der Waals surface area contributed by atoms with Gasteiger partial charge >= 0.3 is 6.03 Å². The summed E-state index contributed by atoms with van der Waals surface area (Å²) < 4.78 is 7.07. The minimum Gasteiger partial charge on any atom is -0.378 e. The number of likely N-dealkylation sites (tertiary alicyclic amines) is 1. The fourth-order valence-electron chi connectivity index (χ4n) is 3.18. The van der Waals surface area contributed by atoms with Gasteiger partial charge in [-0.25, -0.2) is 4.79 Å². The van der Waals surface area contributed by atoms with Gasteiger partial charge in [-0.15, -0.1) is 0 Å². The zero-order valence-electron chi connectivity index (χ0n) is 15.0. The first-order chi connectivity index (χ1) is 12.0. The summed E-state index contributed by atoms with van der Waals surface area (Å²) in [5.74, 6) is -0.0927. The molecule has 0 radical (unpaired) electrons. The normalized spacial score (nSPS) is 19.3. The third-order valence-electron chi connectivity index (χ3n) is 4.78. The SMILES string of the molecule is CC(C)n1cc(C(=O)NC2CCN(C(=O)N3CCOCC3)CC2)cn1. The number of urea groups is 1. The average Bonchev–Trinajstić information content (AvgIpc) is 3.13. The van der Waals surface area contributed by atoms with Crippen LogP contribution in [0.4, 0.5) is 4.79 Å². The van der Waals surface area contributed by atoms with E-state index in [0.29, 0.717) is 45.0 Å². The first-order valence-corrected chi connectivity index (χ1v) is 9.01. The van der Waals surface area contributed by atoms with Crippen molar-refractivity contribution in [3.63, 3.8) is 0 Å². The Morgan fingerprint density at radius 1 is 1.16 bits per heavy atom. The van der Waals surface area contributed by atoms with Crippen molar-refractivity contribution in [1.82, 2.24) is 24.9 Å². The van der Waals surface area contributed by atoms with E-state index in [1.807, 2.05) is 23.6 Å². The highest BCUT2D eigenvalue weighted by molar-refractivity contribution is 5.93. The number of carbonyl (C=O) groups excluding carboxylic acids is 2. The molecule has 1 aromatic rings. The predicted molar refractivity (Wildman–Crippen MR) is 92.5 cm³/mol. The van der Waals surface area contributed by atoms with Gasteiger partial charge in [-0.05, 0) is 26.7 Å². The first-order valence-electron chi connectivity index (χ1n) is 9.01. The largest absolute Gasteiger partial charge is 0.378 e. The maximum absolute atomic E-state index is 12.5. The van der Waals surface area contributed by atoms with Gasteiger partial charge in [0, 0.05) is 44.5 Å². The van der Waals surface area contributed by atoms with E-state index in [1.165, 1.54) is 0 Å². The number of hydrogen-bond donors (Lipinski definition) is 1. The van der Waals surface area contributed by atoms with Gasteiger partial charge in [-0.3, -0.25) is 9.48 Å². The van der Waals surface area contributed by atoms with Crippen molar-refractivity contribution in [2.45, 2.75) is 38.8 Å². The predicted octanol–water partition coefficient (Wildman–Crippen LogP) is 1.11. The van der Waals surface area contributed by atoms with Gasteiger partial charge in [-0.2, -0.15) is 5.10 Å². The molecule has 8 heteroatoms. The molecule has 3 amide bonds. The zero-order valence-corrected chi connectivity index (χ0v) is 15.0. The van der Waals surface area contributed by atoms with E-state index in [1.54, 1.807) is 17.1 Å². The van der Waals surface area contributed by atoms with Crippen molar-refractivity contribution in [2.24, 2.45) is 0 Å². The second-order valence-electron chi connectivity index (χ2n) is 6.92. The number of ether oxygens (including phenoxy) is 1. The number of aromatic nitrogens is 2. The second kappa shape index (κ2) is 7.86. The monoisotopic (exact) mass is 349 g/mol. The third-order valence-corrected chi connectivity index (χ3v) is 4.78. The molecule has 1 aromatic heterocycles. The molecule has 138 valence electrons. The quantitative estimate of drug-likeness (QED) is 0.886. The standard InChI is InChI=1S/C17H27N5O3/c1-13(2)22-12-14(11-18-22)16(23)19-15-3-5-20(6-4-15)17(24)21-7-9-25-10-8-21/h11-13,15H,3-10H2,1-2H3,(H,19,23). The molecule has 0 aliphatic carbocycles. The number of morpholine rings is 1. The lowest BCUT2D eigenvalue weighted by atomic mass is 10.0. The molecular formula is C17H27N5O3. The molecule has 2 fully saturated rings. The van der Waals surface area contributed by atoms with Gasteiger partial charge in [-0.1, -0.05) is 0 Å². The summed E-state index contributed by atoms with van der Waals surface area (Å²) in [5, 5.41) is 7.27. The summed E-state index contributed by atoms with van der Waals surface area (Å²) in [5.41, 5.74) is 0.584. The van der Waals surface area contributed by atoms with Gasteiger partial charge in [0.2, 0.25) is 0 Å². The summed E-state index contributed by atoms with van der Waals surface area (Å²) in [7, 11) is 0. The molecular weight excluding hydrogens is 322 g/mol. The highest BCUT2D eigenvalue weighted by Gasteiger charge is 2.28. The Morgan fingerprint density at radius 2 is 1.80 bits per heavy atom. The molecule has 3 heterocycles. The minimum absolute atomic E-state index is 0.0892. The van der Waals surface area contributed by atoms with Crippen LogP contribution >= 0.6 is 0 Å². The molecule has 2 aliphatic heterocycles. The lowest BCUT2D eigenvalue weighted by Crippen LogP contribution is -2.52. The Balaban J connectivity index is 1.47. The van der Waals surface area contributed by atoms with Crippen molar-refractivity contribution in [1.29, 1.82) is 0 Å². The first kappa shape index (κ1) is 17.7. The molecule has 0 saturated carbocycles. The Hall–Kier alpha value is -2.09. The maximum atomic E-state index is 12.5. The van der Waals surface area contributed by atoms with Crippen LogP contribution in [0.2, 0.25) is 0 Å². The zero-order chi connectivity index (χ0) is 17.8. The molecule has 25 heavy (non-hydrogen) atoms. The summed E-state index contributed by atoms with van der Waals surface area (Å²) in [6.45, 7) is 7.94. The second-order valence-corrected chi connectivity index (χ2v) is 6.92. The Bertz CT molecular complexity index is 601. The average molecular weight is 349 g/mol. The van der Waals surface area contributed by atoms with E-state index in [9.17, 15) is 9.59 Å². The summed E-state index contributed by atoms with van der Waals surface area (Å²) in [6, 6.07) is 0.422. The molecule has 0 bridgehead atoms. The lowest BCUT2D eigenvalue weighted by Gasteiger charge is -2.37. The van der Waals surface area contributed by atoms with E-state index < -0.39 is 0 Å². The number of nitrogens with one attached hydrogen (secondary N) is 1. The van der Waals surface area contributed by atoms with Gasteiger partial charge in [0.25, 0.3) is 5.91 Å². The van der Waals surface area contributed by atoms with Crippen LogP contribution in [0.15, 0.2) is 12.4 Å². The highest BCUT2D eigenvalue weighted by atomic mass is 16.5. The van der Waals surface area contributed by atoms with E-state index in [4.69, 9.17) is 4.74 Å². The van der Waals surface area contributed by atoms with Crippen LogP contribution in [0, 0.1) is 0 Å². The number of nitrogens with zero attached hydrogens (tertiary/aromatic N) is 4. The van der Waals surface area contributed by atoms with Crippen molar-refractivity contribution in [3.05, 3.63) is 18.0 Å². The van der Waals surface area contributed by atoms with Crippen LogP contribution in [0.1, 0.15) is 43.1 Å². The minimum atomic E-state index is -0.0927. The lowest BCUT2D eigenvalue weighted by molar-refractivity contribution is 0.0407. The Morgan fingerprint density at radius 3 is 2.40 bits per heavy atom. The molecule has 8 nitrogen and oxygen atoms in total. The highest BCUT2D eigenvalue weighted by Crippen LogP contribution is 2.14. The van der Waals surface area contributed by atoms with Crippen LogP contribution in [0.5, 0.6) is 0 Å². The summed E-state index contributed by atoms with van der Waals surface area (Å²) in [4.78, 5) is 28.5. The van der Waals surface area contributed by atoms with Crippen LogP contribution in [0.3, 0.4) is 0 Å². The van der Waals surface area contributed by atoms with Gasteiger partial charge in [0.15, 0.2) is 0 Å². The van der Waals surface area contributed by atoms with E-state index in [2.05, 4.69) is 10.4 Å². The van der Waals surface area contributed by atoms with Crippen LogP contribution in [-0.2, 0) is 4.74 Å². The van der Waals surface area contributed by atoms with Crippen molar-refractivity contribution in [2.75, 3.05) is 39.4 Å². The van der Waals surface area contributed by atoms with E-state index in [0.717, 1.165) is 12.8 Å². The Labute approximate surface area is 148 Å². The number of rotatable bonds is 3. The van der Waals surface area contributed by atoms with E-state index in [-0.39, 0.29) is 24.0 Å². The van der Waals surface area contributed by atoms with Crippen molar-refractivity contribution >= 4 is 11.9 Å². The van der Waals surface area contributed by atoms with E-state index >= 15 is 0 Å². The molecule has 2 saturated heterocycles. The number of hydrogen-bond acceptors (Lipinski definition) is 4. The molecule has 0 spiro atoms. The van der Waals surface area contributed by atoms with Crippen molar-refractivity contribution < 1.29 is 14.3 Å². The smallest absolute Gasteiger partial charge is 0.320 e. The molecule has 1 N–H and O–H groups in total. The molecule has 0 atom stereocenters. The van der Waals surface area contributed by atoms with Gasteiger partial charge in [0.1, 0.15) is 0 Å². The number of amides is 3. The summed E-state index contributed by atoms with van der Waals surface area (Å²) >= 11 is 0. The van der Waals surface area contributed by atoms with Crippen LogP contribution < -0.4 is 5.32 Å². The van der Waals surface area contributed by atoms with Gasteiger partial charge in [0.05, 0.1) is 25.0 Å². The Kier molecular flexibility index (Phi) is 5.57. The molecule has 3 rings (SSSR count). The number of carbonyl (C=O) groups is 2. The topological polar surface area (TPSA) is 79.7 Å². The third kappa shape index (κ3) is 4.31. The maximum Gasteiger partial charge on any atom is 0.320 e. The van der Waals surface area contributed by atoms with Crippen LogP contribution in [0.25, 0.3) is 0 Å². The summed E-state index contributed by atoms with van der Waals surface area (Å²) in [6.07, 6.45) is 4.93.